The largest absolute Gasteiger partial charge is 0.320 e. The molecule has 0 atom stereocenters. The Morgan fingerprint density at radius 3 is 2.72 bits per heavy atom. The topological polar surface area (TPSA) is 46.9 Å². The second kappa shape index (κ2) is 4.94. The van der Waals surface area contributed by atoms with E-state index >= 15 is 0 Å². The molecule has 2 aromatic rings. The number of anilines is 1. The normalized spacial score (nSPS) is 10.4. The number of hydrogen-bond donors (Lipinski definition) is 1. The number of halogens is 1. The van der Waals surface area contributed by atoms with Crippen molar-refractivity contribution >= 4 is 27.5 Å². The summed E-state index contributed by atoms with van der Waals surface area (Å²) in [7, 11) is 1.74. The van der Waals surface area contributed by atoms with Crippen LogP contribution in [0.2, 0.25) is 0 Å². The lowest BCUT2D eigenvalue weighted by Gasteiger charge is -2.10. The predicted octanol–water partition coefficient (Wildman–Crippen LogP) is 3.05. The molecular weight excluding hydrogens is 294 g/mol. The van der Waals surface area contributed by atoms with Crippen molar-refractivity contribution in [1.29, 1.82) is 0 Å². The van der Waals surface area contributed by atoms with Gasteiger partial charge in [0, 0.05) is 12.7 Å². The first-order chi connectivity index (χ1) is 8.50. The van der Waals surface area contributed by atoms with Crippen LogP contribution in [0.15, 0.2) is 28.9 Å². The summed E-state index contributed by atoms with van der Waals surface area (Å²) in [4.78, 5) is 12.2. The lowest BCUT2D eigenvalue weighted by molar-refractivity contribution is 0.101. The maximum absolute atomic E-state index is 12.2. The lowest BCUT2D eigenvalue weighted by Crippen LogP contribution is -2.17. The van der Waals surface area contributed by atoms with E-state index in [9.17, 15) is 4.79 Å². The maximum atomic E-state index is 12.2. The van der Waals surface area contributed by atoms with Crippen molar-refractivity contribution in [2.45, 2.75) is 13.8 Å². The number of carbonyl (C=O) groups excluding carboxylic acids is 1. The van der Waals surface area contributed by atoms with E-state index in [0.29, 0.717) is 10.2 Å². The number of nitrogens with zero attached hydrogens (tertiary/aromatic N) is 2. The molecule has 18 heavy (non-hydrogen) atoms. The van der Waals surface area contributed by atoms with Crippen LogP contribution in [0, 0.1) is 13.8 Å². The summed E-state index contributed by atoms with van der Waals surface area (Å²) in [6.45, 7) is 4.01. The van der Waals surface area contributed by atoms with Crippen LogP contribution in [0.3, 0.4) is 0 Å². The summed E-state index contributed by atoms with van der Waals surface area (Å²) < 4.78 is 2.23. The Bertz CT molecular complexity index is 585. The average Bonchev–Trinajstić information content (AvgIpc) is 2.65. The molecule has 0 saturated heterocycles. The zero-order valence-corrected chi connectivity index (χ0v) is 12.1. The van der Waals surface area contributed by atoms with Crippen molar-refractivity contribution in [2.75, 3.05) is 5.32 Å². The number of benzene rings is 1. The van der Waals surface area contributed by atoms with Gasteiger partial charge in [-0.3, -0.25) is 9.48 Å². The monoisotopic (exact) mass is 307 g/mol. The Morgan fingerprint density at radius 2 is 2.11 bits per heavy atom. The van der Waals surface area contributed by atoms with E-state index in [1.807, 2.05) is 32.0 Å². The second-order valence-electron chi connectivity index (χ2n) is 4.17. The highest BCUT2D eigenvalue weighted by molar-refractivity contribution is 9.10. The molecule has 2 rings (SSSR count). The van der Waals surface area contributed by atoms with Gasteiger partial charge < -0.3 is 5.32 Å². The first-order valence-corrected chi connectivity index (χ1v) is 6.35. The van der Waals surface area contributed by atoms with E-state index in [1.54, 1.807) is 17.9 Å². The van der Waals surface area contributed by atoms with Crippen molar-refractivity contribution in [3.63, 3.8) is 0 Å². The third-order valence-electron chi connectivity index (χ3n) is 2.96. The highest BCUT2D eigenvalue weighted by atomic mass is 79.9. The van der Waals surface area contributed by atoms with Crippen LogP contribution in [-0.4, -0.2) is 15.7 Å². The summed E-state index contributed by atoms with van der Waals surface area (Å²) >= 11 is 3.32. The van der Waals surface area contributed by atoms with Gasteiger partial charge in [-0.2, -0.15) is 5.10 Å². The molecule has 4 nitrogen and oxygen atoms in total. The van der Waals surface area contributed by atoms with Crippen LogP contribution in [0.25, 0.3) is 0 Å². The standard InChI is InChI=1S/C13H14BrN3O/c1-8-5-4-6-11(9(8)2)16-13(18)12-10(14)7-15-17(12)3/h4-7H,1-3H3,(H,16,18). The zero-order chi connectivity index (χ0) is 13.3. The molecule has 1 amide bonds. The van der Waals surface area contributed by atoms with Crippen LogP contribution in [0.5, 0.6) is 0 Å². The lowest BCUT2D eigenvalue weighted by atomic mass is 10.1. The molecule has 0 aliphatic carbocycles. The van der Waals surface area contributed by atoms with Crippen LogP contribution in [0.4, 0.5) is 5.69 Å². The van der Waals surface area contributed by atoms with Gasteiger partial charge in [0.25, 0.3) is 5.91 Å². The third-order valence-corrected chi connectivity index (χ3v) is 3.54. The number of carbonyl (C=O) groups is 1. The quantitative estimate of drug-likeness (QED) is 0.927. The Labute approximate surface area is 114 Å². The predicted molar refractivity (Wildman–Crippen MR) is 74.8 cm³/mol. The number of aromatic nitrogens is 2. The molecule has 0 radical (unpaired) electrons. The van der Waals surface area contributed by atoms with Gasteiger partial charge in [0.15, 0.2) is 0 Å². The smallest absolute Gasteiger partial charge is 0.275 e. The van der Waals surface area contributed by atoms with Crippen molar-refractivity contribution in [3.8, 4) is 0 Å². The second-order valence-corrected chi connectivity index (χ2v) is 5.02. The first-order valence-electron chi connectivity index (χ1n) is 5.55. The number of amides is 1. The van der Waals surface area contributed by atoms with E-state index in [0.717, 1.165) is 16.8 Å². The molecule has 0 bridgehead atoms. The molecule has 0 spiro atoms. The summed E-state index contributed by atoms with van der Waals surface area (Å²) in [6.07, 6.45) is 1.61. The number of aryl methyl sites for hydroxylation is 2. The fourth-order valence-electron chi connectivity index (χ4n) is 1.73. The van der Waals surface area contributed by atoms with Crippen LogP contribution in [-0.2, 0) is 7.05 Å². The average molecular weight is 308 g/mol. The van der Waals surface area contributed by atoms with Gasteiger partial charge in [-0.15, -0.1) is 0 Å². The van der Waals surface area contributed by atoms with Crippen molar-refractivity contribution in [1.82, 2.24) is 9.78 Å². The maximum Gasteiger partial charge on any atom is 0.275 e. The summed E-state index contributed by atoms with van der Waals surface area (Å²) in [5.41, 5.74) is 3.56. The number of rotatable bonds is 2. The molecule has 0 saturated carbocycles. The SMILES string of the molecule is Cc1cccc(NC(=O)c2c(Br)cnn2C)c1C. The van der Waals surface area contributed by atoms with Gasteiger partial charge in [0.05, 0.1) is 10.7 Å². The Kier molecular flexibility index (Phi) is 3.52. The molecule has 0 aliphatic rings. The van der Waals surface area contributed by atoms with Crippen molar-refractivity contribution in [3.05, 3.63) is 45.7 Å². The van der Waals surface area contributed by atoms with Crippen LogP contribution in [0.1, 0.15) is 21.6 Å². The third kappa shape index (κ3) is 2.31. The molecule has 94 valence electrons. The molecule has 0 aliphatic heterocycles. The van der Waals surface area contributed by atoms with Crippen molar-refractivity contribution in [2.24, 2.45) is 7.05 Å². The van der Waals surface area contributed by atoms with Gasteiger partial charge in [0.2, 0.25) is 0 Å². The molecule has 0 unspecified atom stereocenters. The van der Waals surface area contributed by atoms with E-state index < -0.39 is 0 Å². The Morgan fingerprint density at radius 1 is 1.39 bits per heavy atom. The minimum atomic E-state index is -0.171. The molecule has 1 heterocycles. The molecule has 1 N–H and O–H groups in total. The van der Waals surface area contributed by atoms with E-state index in [2.05, 4.69) is 26.3 Å². The van der Waals surface area contributed by atoms with E-state index in [1.165, 1.54) is 0 Å². The zero-order valence-electron chi connectivity index (χ0n) is 10.5. The van der Waals surface area contributed by atoms with Gasteiger partial charge in [-0.1, -0.05) is 12.1 Å². The van der Waals surface area contributed by atoms with Gasteiger partial charge in [0.1, 0.15) is 5.69 Å². The molecule has 1 aromatic heterocycles. The Balaban J connectivity index is 2.30. The highest BCUT2D eigenvalue weighted by Crippen LogP contribution is 2.21. The van der Waals surface area contributed by atoms with E-state index in [-0.39, 0.29) is 5.91 Å². The highest BCUT2D eigenvalue weighted by Gasteiger charge is 2.16. The summed E-state index contributed by atoms with van der Waals surface area (Å²) in [6, 6.07) is 5.84. The molecule has 1 aromatic carbocycles. The number of nitrogens with one attached hydrogen (secondary N) is 1. The van der Waals surface area contributed by atoms with E-state index in [4.69, 9.17) is 0 Å². The summed E-state index contributed by atoms with van der Waals surface area (Å²) in [5, 5.41) is 6.93. The van der Waals surface area contributed by atoms with Crippen LogP contribution >= 0.6 is 15.9 Å². The molecular formula is C13H14BrN3O. The van der Waals surface area contributed by atoms with Gasteiger partial charge in [-0.05, 0) is 47.0 Å². The van der Waals surface area contributed by atoms with Gasteiger partial charge in [-0.25, -0.2) is 0 Å². The Hall–Kier alpha value is -1.62. The fourth-order valence-corrected chi connectivity index (χ4v) is 2.26. The fraction of sp³-hybridized carbons (Fsp3) is 0.231. The summed E-state index contributed by atoms with van der Waals surface area (Å²) in [5.74, 6) is -0.171. The van der Waals surface area contributed by atoms with Crippen LogP contribution < -0.4 is 5.32 Å². The van der Waals surface area contributed by atoms with Gasteiger partial charge >= 0.3 is 0 Å². The molecule has 0 fully saturated rings. The minimum Gasteiger partial charge on any atom is -0.320 e. The number of hydrogen-bond acceptors (Lipinski definition) is 2. The first kappa shape index (κ1) is 12.8. The van der Waals surface area contributed by atoms with Crippen molar-refractivity contribution < 1.29 is 4.79 Å². The molecule has 5 heteroatoms. The minimum absolute atomic E-state index is 0.171.